The van der Waals surface area contributed by atoms with Crippen LogP contribution >= 0.6 is 0 Å². The third-order valence-electron chi connectivity index (χ3n) is 5.95. The number of aryl methyl sites for hydroxylation is 2. The molecule has 0 bridgehead atoms. The number of H-pyrrole nitrogens is 1. The maximum absolute atomic E-state index is 13.4. The van der Waals surface area contributed by atoms with E-state index in [2.05, 4.69) is 15.1 Å². The Morgan fingerprint density at radius 1 is 1.24 bits per heavy atom. The zero-order valence-electron chi connectivity index (χ0n) is 18.6. The van der Waals surface area contributed by atoms with Crippen LogP contribution in [-0.2, 0) is 19.5 Å². The lowest BCUT2D eigenvalue weighted by atomic mass is 10.2. The van der Waals surface area contributed by atoms with E-state index in [1.165, 1.54) is 21.0 Å². The molecular formula is C21H25N5O6S. The first kappa shape index (κ1) is 22.0. The van der Waals surface area contributed by atoms with Crippen LogP contribution in [-0.4, -0.2) is 71.0 Å². The van der Waals surface area contributed by atoms with Crippen molar-refractivity contribution in [3.8, 4) is 17.1 Å². The Hall–Kier alpha value is -2.80. The van der Waals surface area contributed by atoms with Crippen molar-refractivity contribution in [2.24, 2.45) is 0 Å². The molecule has 11 nitrogen and oxygen atoms in total. The number of sulfonamides is 1. The maximum atomic E-state index is 13.4. The molecular weight excluding hydrogens is 450 g/mol. The minimum absolute atomic E-state index is 0.0669. The van der Waals surface area contributed by atoms with Gasteiger partial charge in [0.2, 0.25) is 10.0 Å². The van der Waals surface area contributed by atoms with Gasteiger partial charge in [-0.3, -0.25) is 4.79 Å². The van der Waals surface area contributed by atoms with E-state index in [-0.39, 0.29) is 22.8 Å². The fraction of sp³-hybridized carbons (Fsp3) is 0.476. The Kier molecular flexibility index (Phi) is 5.27. The van der Waals surface area contributed by atoms with Crippen LogP contribution in [0.25, 0.3) is 16.9 Å². The summed E-state index contributed by atoms with van der Waals surface area (Å²) in [6, 6.07) is 4.55. The van der Waals surface area contributed by atoms with Crippen LogP contribution in [0.5, 0.6) is 5.75 Å². The Morgan fingerprint density at radius 2 is 2.00 bits per heavy atom. The smallest absolute Gasteiger partial charge is 0.277 e. The average Bonchev–Trinajstić information content (AvgIpc) is 3.49. The number of nitrogens with zero attached hydrogens (tertiary/aromatic N) is 4. The van der Waals surface area contributed by atoms with Gasteiger partial charge in [0.1, 0.15) is 11.6 Å². The number of hydrogen-bond acceptors (Lipinski definition) is 8. The Morgan fingerprint density at radius 3 is 2.73 bits per heavy atom. The van der Waals surface area contributed by atoms with Crippen molar-refractivity contribution >= 4 is 15.5 Å². The van der Waals surface area contributed by atoms with Gasteiger partial charge in [-0.25, -0.2) is 17.9 Å². The molecule has 2 saturated heterocycles. The van der Waals surface area contributed by atoms with Crippen molar-refractivity contribution in [1.29, 1.82) is 0 Å². The molecule has 5 rings (SSSR count). The quantitative estimate of drug-likeness (QED) is 0.584. The number of nitrogens with one attached hydrogen (secondary N) is 1. The van der Waals surface area contributed by atoms with Crippen LogP contribution in [0.15, 0.2) is 27.9 Å². The molecule has 0 radical (unpaired) electrons. The molecule has 2 aliphatic heterocycles. The SMILES string of the molecule is CCOc1ccc(S(=O)(=O)N2CCC3(C2)OCCO3)cc1-c1nn2c(C)nc(C)c2c(=O)[nH]1. The topological polar surface area (TPSA) is 128 Å². The third-order valence-corrected chi connectivity index (χ3v) is 7.80. The largest absolute Gasteiger partial charge is 0.493 e. The Labute approximate surface area is 190 Å². The van der Waals surface area contributed by atoms with Gasteiger partial charge in [-0.2, -0.15) is 4.31 Å². The van der Waals surface area contributed by atoms with Crippen molar-refractivity contribution in [3.63, 3.8) is 0 Å². The van der Waals surface area contributed by atoms with Gasteiger partial charge in [-0.1, -0.05) is 0 Å². The zero-order chi connectivity index (χ0) is 23.4. The van der Waals surface area contributed by atoms with Gasteiger partial charge >= 0.3 is 0 Å². The summed E-state index contributed by atoms with van der Waals surface area (Å²) in [5.41, 5.74) is 0.904. The number of aromatic amines is 1. The van der Waals surface area contributed by atoms with Gasteiger partial charge in [-0.15, -0.1) is 5.10 Å². The zero-order valence-corrected chi connectivity index (χ0v) is 19.4. The highest BCUT2D eigenvalue weighted by Gasteiger charge is 2.47. The molecule has 2 aromatic heterocycles. The van der Waals surface area contributed by atoms with E-state index in [9.17, 15) is 13.2 Å². The summed E-state index contributed by atoms with van der Waals surface area (Å²) in [4.78, 5) is 19.9. The molecule has 0 atom stereocenters. The van der Waals surface area contributed by atoms with Gasteiger partial charge in [-0.05, 0) is 39.0 Å². The number of hydrogen-bond donors (Lipinski definition) is 1. The van der Waals surface area contributed by atoms with Gasteiger partial charge in [0.15, 0.2) is 17.1 Å². The Balaban J connectivity index is 1.59. The molecule has 4 heterocycles. The first-order chi connectivity index (χ1) is 15.7. The van der Waals surface area contributed by atoms with Gasteiger partial charge in [0, 0.05) is 13.0 Å². The first-order valence-corrected chi connectivity index (χ1v) is 12.2. The number of benzene rings is 1. The monoisotopic (exact) mass is 475 g/mol. The fourth-order valence-electron chi connectivity index (χ4n) is 4.40. The minimum atomic E-state index is -3.84. The Bertz CT molecular complexity index is 1390. The molecule has 0 unspecified atom stereocenters. The van der Waals surface area contributed by atoms with Crippen molar-refractivity contribution in [1.82, 2.24) is 23.9 Å². The number of fused-ring (bicyclic) bond motifs is 1. The van der Waals surface area contributed by atoms with Crippen molar-refractivity contribution in [2.75, 3.05) is 32.9 Å². The lowest BCUT2D eigenvalue weighted by Crippen LogP contribution is -2.36. The summed E-state index contributed by atoms with van der Waals surface area (Å²) < 4.78 is 46.7. The molecule has 176 valence electrons. The van der Waals surface area contributed by atoms with Crippen LogP contribution < -0.4 is 10.3 Å². The van der Waals surface area contributed by atoms with Crippen molar-refractivity contribution in [3.05, 3.63) is 40.1 Å². The van der Waals surface area contributed by atoms with E-state index in [1.54, 1.807) is 19.9 Å². The molecule has 3 aromatic rings. The molecule has 0 saturated carbocycles. The summed E-state index contributed by atoms with van der Waals surface area (Å²) in [5.74, 6) is 0.286. The fourth-order valence-corrected chi connectivity index (χ4v) is 5.90. The third kappa shape index (κ3) is 3.62. The summed E-state index contributed by atoms with van der Waals surface area (Å²) in [7, 11) is -3.84. The normalized spacial score (nSPS) is 18.5. The van der Waals surface area contributed by atoms with Crippen LogP contribution in [0.4, 0.5) is 0 Å². The second-order valence-electron chi connectivity index (χ2n) is 8.09. The molecule has 2 fully saturated rings. The van der Waals surface area contributed by atoms with Crippen molar-refractivity contribution in [2.45, 2.75) is 37.9 Å². The minimum Gasteiger partial charge on any atom is -0.493 e. The predicted molar refractivity (Wildman–Crippen MR) is 118 cm³/mol. The van der Waals surface area contributed by atoms with E-state index in [0.29, 0.717) is 61.1 Å². The second-order valence-corrected chi connectivity index (χ2v) is 10.0. The summed E-state index contributed by atoms with van der Waals surface area (Å²) in [6.07, 6.45) is 0.473. The predicted octanol–water partition coefficient (Wildman–Crippen LogP) is 1.24. The maximum Gasteiger partial charge on any atom is 0.277 e. The molecule has 1 spiro atoms. The number of aromatic nitrogens is 4. The number of imidazole rings is 1. The summed E-state index contributed by atoms with van der Waals surface area (Å²) >= 11 is 0. The average molecular weight is 476 g/mol. The molecule has 0 aliphatic carbocycles. The van der Waals surface area contributed by atoms with E-state index in [1.807, 2.05) is 6.92 Å². The summed E-state index contributed by atoms with van der Waals surface area (Å²) in [5, 5.41) is 4.52. The van der Waals surface area contributed by atoms with E-state index < -0.39 is 15.8 Å². The molecule has 2 aliphatic rings. The lowest BCUT2D eigenvalue weighted by molar-refractivity contribution is -0.142. The standard InChI is InChI=1S/C21H25N5O6S/c1-4-30-17-6-5-15(33(28,29)25-8-7-21(12-25)31-9-10-32-21)11-16(17)19-23-20(27)18-13(2)22-14(3)26(18)24-19/h5-6,11H,4,7-10,12H2,1-3H3,(H,23,24,27). The molecule has 1 aromatic carbocycles. The summed E-state index contributed by atoms with van der Waals surface area (Å²) in [6.45, 7) is 6.99. The van der Waals surface area contributed by atoms with E-state index in [4.69, 9.17) is 14.2 Å². The second kappa shape index (κ2) is 7.90. The van der Waals surface area contributed by atoms with Gasteiger partial charge < -0.3 is 19.2 Å². The first-order valence-electron chi connectivity index (χ1n) is 10.8. The van der Waals surface area contributed by atoms with E-state index in [0.717, 1.165) is 0 Å². The van der Waals surface area contributed by atoms with Crippen LogP contribution in [0.2, 0.25) is 0 Å². The highest BCUT2D eigenvalue weighted by molar-refractivity contribution is 7.89. The van der Waals surface area contributed by atoms with Crippen molar-refractivity contribution < 1.29 is 22.6 Å². The van der Waals surface area contributed by atoms with E-state index >= 15 is 0 Å². The van der Waals surface area contributed by atoms with Crippen LogP contribution in [0.3, 0.4) is 0 Å². The number of ether oxygens (including phenoxy) is 3. The van der Waals surface area contributed by atoms with Crippen LogP contribution in [0.1, 0.15) is 24.9 Å². The highest BCUT2D eigenvalue weighted by atomic mass is 32.2. The highest BCUT2D eigenvalue weighted by Crippen LogP contribution is 2.36. The molecule has 1 N–H and O–H groups in total. The van der Waals surface area contributed by atoms with Gasteiger partial charge in [0.05, 0.1) is 42.5 Å². The lowest BCUT2D eigenvalue weighted by Gasteiger charge is -2.22. The molecule has 12 heteroatoms. The molecule has 33 heavy (non-hydrogen) atoms. The van der Waals surface area contributed by atoms with Gasteiger partial charge in [0.25, 0.3) is 5.56 Å². The molecule has 0 amide bonds. The van der Waals surface area contributed by atoms with Crippen LogP contribution in [0, 0.1) is 13.8 Å². The number of rotatable bonds is 5.